The van der Waals surface area contributed by atoms with Crippen LogP contribution in [0.3, 0.4) is 0 Å². The standard InChI is InChI=1S/C18H35NO2/c1-4-7-9-10-12-14-17(13-11-8-5-2)19-15-16-21-18(20)6-3/h6,17,19H,3-5,7-16H2,1-2H3. The topological polar surface area (TPSA) is 38.3 Å². The van der Waals surface area contributed by atoms with E-state index < -0.39 is 0 Å². The molecule has 1 unspecified atom stereocenters. The summed E-state index contributed by atoms with van der Waals surface area (Å²) in [6, 6.07) is 0.570. The van der Waals surface area contributed by atoms with Gasteiger partial charge >= 0.3 is 5.97 Å². The third-order valence-electron chi connectivity index (χ3n) is 3.76. The highest BCUT2D eigenvalue weighted by Crippen LogP contribution is 2.12. The quantitative estimate of drug-likeness (QED) is 0.272. The van der Waals surface area contributed by atoms with Crippen LogP contribution < -0.4 is 5.32 Å². The molecule has 0 aliphatic rings. The van der Waals surface area contributed by atoms with Crippen molar-refractivity contribution in [2.45, 2.75) is 84.1 Å². The number of hydrogen-bond donors (Lipinski definition) is 1. The Morgan fingerprint density at radius 1 is 1.05 bits per heavy atom. The fourth-order valence-electron chi connectivity index (χ4n) is 2.46. The van der Waals surface area contributed by atoms with Crippen LogP contribution in [0.1, 0.15) is 78.1 Å². The Hall–Kier alpha value is -0.830. The number of nitrogens with one attached hydrogen (secondary N) is 1. The molecule has 0 fully saturated rings. The van der Waals surface area contributed by atoms with Crippen LogP contribution in [0.15, 0.2) is 12.7 Å². The molecule has 1 atom stereocenters. The summed E-state index contributed by atoms with van der Waals surface area (Å²) < 4.78 is 5.01. The van der Waals surface area contributed by atoms with Crippen molar-refractivity contribution in [1.29, 1.82) is 0 Å². The maximum atomic E-state index is 11.0. The number of esters is 1. The Bertz CT molecular complexity index is 254. The first-order valence-corrected chi connectivity index (χ1v) is 8.77. The molecule has 0 aromatic heterocycles. The van der Waals surface area contributed by atoms with Gasteiger partial charge in [0.25, 0.3) is 0 Å². The molecule has 0 aromatic rings. The Labute approximate surface area is 131 Å². The Morgan fingerprint density at radius 3 is 2.24 bits per heavy atom. The highest BCUT2D eigenvalue weighted by Gasteiger charge is 2.07. The van der Waals surface area contributed by atoms with Gasteiger partial charge in [-0.15, -0.1) is 0 Å². The second-order valence-electron chi connectivity index (χ2n) is 5.72. The van der Waals surface area contributed by atoms with Crippen LogP contribution in [-0.2, 0) is 9.53 Å². The van der Waals surface area contributed by atoms with Crippen molar-refractivity contribution in [3.8, 4) is 0 Å². The van der Waals surface area contributed by atoms with Gasteiger partial charge in [0.15, 0.2) is 0 Å². The summed E-state index contributed by atoms with van der Waals surface area (Å²) in [4.78, 5) is 11.0. The van der Waals surface area contributed by atoms with Gasteiger partial charge < -0.3 is 10.1 Å². The summed E-state index contributed by atoms with van der Waals surface area (Å²) in [5, 5.41) is 3.54. The molecule has 0 saturated heterocycles. The Balaban J connectivity index is 3.79. The molecule has 3 nitrogen and oxygen atoms in total. The van der Waals surface area contributed by atoms with E-state index in [1.54, 1.807) is 0 Å². The van der Waals surface area contributed by atoms with E-state index in [0.717, 1.165) is 6.54 Å². The van der Waals surface area contributed by atoms with Gasteiger partial charge in [-0.1, -0.05) is 71.8 Å². The highest BCUT2D eigenvalue weighted by atomic mass is 16.5. The van der Waals surface area contributed by atoms with Crippen molar-refractivity contribution in [2.24, 2.45) is 0 Å². The van der Waals surface area contributed by atoms with Gasteiger partial charge in [0.1, 0.15) is 6.61 Å². The minimum Gasteiger partial charge on any atom is -0.461 e. The van der Waals surface area contributed by atoms with Crippen LogP contribution in [-0.4, -0.2) is 25.2 Å². The van der Waals surface area contributed by atoms with Crippen molar-refractivity contribution < 1.29 is 9.53 Å². The number of unbranched alkanes of at least 4 members (excludes halogenated alkanes) is 6. The van der Waals surface area contributed by atoms with Crippen molar-refractivity contribution >= 4 is 5.97 Å². The van der Waals surface area contributed by atoms with Gasteiger partial charge in [0.2, 0.25) is 0 Å². The van der Waals surface area contributed by atoms with Gasteiger partial charge in [-0.2, -0.15) is 0 Å². The summed E-state index contributed by atoms with van der Waals surface area (Å²) in [6.45, 7) is 9.06. The van der Waals surface area contributed by atoms with Gasteiger partial charge in [-0.05, 0) is 12.8 Å². The lowest BCUT2D eigenvalue weighted by Gasteiger charge is -2.18. The van der Waals surface area contributed by atoms with Crippen LogP contribution in [0, 0.1) is 0 Å². The third kappa shape index (κ3) is 13.9. The average Bonchev–Trinajstić information content (AvgIpc) is 2.50. The number of ether oxygens (including phenoxy) is 1. The molecule has 0 radical (unpaired) electrons. The van der Waals surface area contributed by atoms with E-state index in [1.165, 1.54) is 70.3 Å². The zero-order valence-corrected chi connectivity index (χ0v) is 14.2. The lowest BCUT2D eigenvalue weighted by molar-refractivity contribution is -0.137. The van der Waals surface area contributed by atoms with E-state index in [9.17, 15) is 4.79 Å². The molecule has 3 heteroatoms. The second kappa shape index (κ2) is 15.6. The largest absolute Gasteiger partial charge is 0.461 e. The van der Waals surface area contributed by atoms with E-state index in [4.69, 9.17) is 4.74 Å². The molecular weight excluding hydrogens is 262 g/mol. The average molecular weight is 297 g/mol. The summed E-state index contributed by atoms with van der Waals surface area (Å²) in [7, 11) is 0. The van der Waals surface area contributed by atoms with E-state index >= 15 is 0 Å². The van der Waals surface area contributed by atoms with Gasteiger partial charge in [-0.25, -0.2) is 4.79 Å². The van der Waals surface area contributed by atoms with Gasteiger partial charge in [-0.3, -0.25) is 0 Å². The Morgan fingerprint density at radius 2 is 1.62 bits per heavy atom. The minimum absolute atomic E-state index is 0.334. The first kappa shape index (κ1) is 20.2. The maximum absolute atomic E-state index is 11.0. The summed E-state index contributed by atoms with van der Waals surface area (Å²) in [5.74, 6) is -0.334. The molecular formula is C18H35NO2. The van der Waals surface area contributed by atoms with Crippen LogP contribution in [0.2, 0.25) is 0 Å². The van der Waals surface area contributed by atoms with E-state index in [0.29, 0.717) is 12.6 Å². The van der Waals surface area contributed by atoms with Gasteiger partial charge in [0.05, 0.1) is 0 Å². The molecule has 1 N–H and O–H groups in total. The molecule has 0 heterocycles. The van der Waals surface area contributed by atoms with Crippen molar-refractivity contribution in [1.82, 2.24) is 5.32 Å². The van der Waals surface area contributed by atoms with Crippen LogP contribution in [0.25, 0.3) is 0 Å². The number of carbonyl (C=O) groups is 1. The predicted octanol–water partition coefficient (Wildman–Crippen LogP) is 4.61. The molecule has 0 spiro atoms. The molecule has 0 saturated carbocycles. The van der Waals surface area contributed by atoms with Crippen LogP contribution in [0.5, 0.6) is 0 Å². The first-order valence-electron chi connectivity index (χ1n) is 8.77. The molecule has 0 aliphatic carbocycles. The third-order valence-corrected chi connectivity index (χ3v) is 3.76. The zero-order valence-electron chi connectivity index (χ0n) is 14.2. The fourth-order valence-corrected chi connectivity index (χ4v) is 2.46. The van der Waals surface area contributed by atoms with Crippen molar-refractivity contribution in [2.75, 3.05) is 13.2 Å². The smallest absolute Gasteiger partial charge is 0.330 e. The number of hydrogen-bond acceptors (Lipinski definition) is 3. The fraction of sp³-hybridized carbons (Fsp3) is 0.833. The Kier molecular flexibility index (Phi) is 14.9. The van der Waals surface area contributed by atoms with Gasteiger partial charge in [0, 0.05) is 18.7 Å². The molecule has 0 aromatic carbocycles. The highest BCUT2D eigenvalue weighted by molar-refractivity contribution is 5.81. The lowest BCUT2D eigenvalue weighted by Crippen LogP contribution is -2.32. The van der Waals surface area contributed by atoms with Crippen LogP contribution in [0.4, 0.5) is 0 Å². The monoisotopic (exact) mass is 297 g/mol. The summed E-state index contributed by atoms with van der Waals surface area (Å²) >= 11 is 0. The molecule has 124 valence electrons. The SMILES string of the molecule is C=CC(=O)OCCNC(CCCCC)CCCCCCC. The molecule has 0 aliphatic heterocycles. The summed E-state index contributed by atoms with van der Waals surface area (Å²) in [6.07, 6.45) is 14.2. The maximum Gasteiger partial charge on any atom is 0.330 e. The first-order chi connectivity index (χ1) is 10.2. The van der Waals surface area contributed by atoms with Crippen LogP contribution >= 0.6 is 0 Å². The molecule has 0 amide bonds. The molecule has 0 bridgehead atoms. The molecule has 21 heavy (non-hydrogen) atoms. The number of rotatable bonds is 15. The van der Waals surface area contributed by atoms with Crippen molar-refractivity contribution in [3.05, 3.63) is 12.7 Å². The minimum atomic E-state index is -0.334. The zero-order chi connectivity index (χ0) is 15.8. The van der Waals surface area contributed by atoms with Crippen molar-refractivity contribution in [3.63, 3.8) is 0 Å². The van der Waals surface area contributed by atoms with E-state index in [-0.39, 0.29) is 5.97 Å². The normalized spacial score (nSPS) is 12.1. The summed E-state index contributed by atoms with van der Waals surface area (Å²) in [5.41, 5.74) is 0. The van der Waals surface area contributed by atoms with E-state index in [1.807, 2.05) is 0 Å². The number of carbonyl (C=O) groups excluding carboxylic acids is 1. The predicted molar refractivity (Wildman–Crippen MR) is 90.5 cm³/mol. The second-order valence-corrected chi connectivity index (χ2v) is 5.72. The van der Waals surface area contributed by atoms with E-state index in [2.05, 4.69) is 25.7 Å². The molecule has 0 rings (SSSR count). The lowest BCUT2D eigenvalue weighted by atomic mass is 10.0.